The minimum absolute atomic E-state index is 0.138. The first-order chi connectivity index (χ1) is 6.22. The van der Waals surface area contributed by atoms with E-state index < -0.39 is 0 Å². The quantitative estimate of drug-likeness (QED) is 0.664. The summed E-state index contributed by atoms with van der Waals surface area (Å²) >= 11 is 2.29. The third-order valence-electron chi connectivity index (χ3n) is 1.78. The van der Waals surface area contributed by atoms with E-state index in [0.29, 0.717) is 0 Å². The van der Waals surface area contributed by atoms with E-state index in [-0.39, 0.29) is 6.04 Å². The highest BCUT2D eigenvalue weighted by atomic mass is 127. The first-order valence-corrected chi connectivity index (χ1v) is 5.24. The molecule has 1 unspecified atom stereocenters. The van der Waals surface area contributed by atoms with E-state index in [9.17, 15) is 0 Å². The van der Waals surface area contributed by atoms with E-state index in [2.05, 4.69) is 58.1 Å². The summed E-state index contributed by atoms with van der Waals surface area (Å²) in [6, 6.07) is 8.55. The molecule has 0 radical (unpaired) electrons. The average molecular weight is 285 g/mol. The van der Waals surface area contributed by atoms with Gasteiger partial charge in [0.15, 0.2) is 0 Å². The van der Waals surface area contributed by atoms with E-state index in [4.69, 9.17) is 6.42 Å². The lowest BCUT2D eigenvalue weighted by atomic mass is 10.2. The highest BCUT2D eigenvalue weighted by Crippen LogP contribution is 2.06. The van der Waals surface area contributed by atoms with Crippen molar-refractivity contribution in [2.45, 2.75) is 19.5 Å². The zero-order chi connectivity index (χ0) is 9.68. The first-order valence-electron chi connectivity index (χ1n) is 4.16. The number of halogens is 1. The van der Waals surface area contributed by atoms with Crippen LogP contribution in [0.25, 0.3) is 0 Å². The molecule has 0 amide bonds. The number of terminal acetylenes is 1. The zero-order valence-electron chi connectivity index (χ0n) is 7.55. The Hall–Kier alpha value is -0.530. The van der Waals surface area contributed by atoms with Gasteiger partial charge in [-0.2, -0.15) is 0 Å². The summed E-state index contributed by atoms with van der Waals surface area (Å²) in [5.74, 6) is 2.63. The third kappa shape index (κ3) is 3.79. The molecule has 0 saturated carbocycles. The minimum atomic E-state index is 0.138. The standard InChI is InChI=1S/C11H12IN/c1-3-9(2)13-8-10-4-6-11(12)7-5-10/h1,4-7,9,13H,8H2,2H3. The van der Waals surface area contributed by atoms with Crippen LogP contribution in [0.4, 0.5) is 0 Å². The summed E-state index contributed by atoms with van der Waals surface area (Å²) in [6.07, 6.45) is 5.25. The normalized spacial score (nSPS) is 12.1. The predicted molar refractivity (Wildman–Crippen MR) is 64.3 cm³/mol. The number of benzene rings is 1. The van der Waals surface area contributed by atoms with Crippen LogP contribution in [0.2, 0.25) is 0 Å². The van der Waals surface area contributed by atoms with E-state index in [1.165, 1.54) is 9.13 Å². The van der Waals surface area contributed by atoms with E-state index >= 15 is 0 Å². The molecule has 2 heteroatoms. The summed E-state index contributed by atoms with van der Waals surface area (Å²) in [5.41, 5.74) is 1.27. The van der Waals surface area contributed by atoms with Crippen LogP contribution in [-0.4, -0.2) is 6.04 Å². The Morgan fingerprint density at radius 1 is 1.46 bits per heavy atom. The topological polar surface area (TPSA) is 12.0 Å². The van der Waals surface area contributed by atoms with Crippen LogP contribution in [0.3, 0.4) is 0 Å². The molecule has 1 nitrogen and oxygen atoms in total. The third-order valence-corrected chi connectivity index (χ3v) is 2.49. The lowest BCUT2D eigenvalue weighted by Gasteiger charge is -2.06. The van der Waals surface area contributed by atoms with Gasteiger partial charge in [0, 0.05) is 10.1 Å². The van der Waals surface area contributed by atoms with Crippen molar-refractivity contribution < 1.29 is 0 Å². The van der Waals surface area contributed by atoms with E-state index in [1.54, 1.807) is 0 Å². The molecule has 1 N–H and O–H groups in total. The van der Waals surface area contributed by atoms with Crippen molar-refractivity contribution in [1.82, 2.24) is 5.32 Å². The second kappa shape index (κ2) is 5.25. The molecule has 1 aromatic rings. The molecule has 0 heterocycles. The van der Waals surface area contributed by atoms with E-state index in [0.717, 1.165) is 6.54 Å². The molecule has 1 rings (SSSR count). The Labute approximate surface area is 93.1 Å². The van der Waals surface area contributed by atoms with Crippen LogP contribution >= 0.6 is 22.6 Å². The molecule has 0 saturated heterocycles. The number of hydrogen-bond donors (Lipinski definition) is 1. The van der Waals surface area contributed by atoms with Crippen molar-refractivity contribution in [2.24, 2.45) is 0 Å². The SMILES string of the molecule is C#CC(C)NCc1ccc(I)cc1. The second-order valence-electron chi connectivity index (χ2n) is 2.90. The monoisotopic (exact) mass is 285 g/mol. The minimum Gasteiger partial charge on any atom is -0.300 e. The Bertz CT molecular complexity index is 297. The van der Waals surface area contributed by atoms with Crippen LogP contribution in [-0.2, 0) is 6.54 Å². The highest BCUT2D eigenvalue weighted by Gasteiger charge is 1.96. The van der Waals surface area contributed by atoms with Gasteiger partial charge in [-0.15, -0.1) is 6.42 Å². The van der Waals surface area contributed by atoms with Gasteiger partial charge in [-0.1, -0.05) is 18.1 Å². The van der Waals surface area contributed by atoms with Crippen molar-refractivity contribution in [2.75, 3.05) is 0 Å². The van der Waals surface area contributed by atoms with Gasteiger partial charge < -0.3 is 0 Å². The molecule has 13 heavy (non-hydrogen) atoms. The Balaban J connectivity index is 2.47. The lowest BCUT2D eigenvalue weighted by molar-refractivity contribution is 0.648. The van der Waals surface area contributed by atoms with E-state index in [1.807, 2.05) is 6.92 Å². The number of nitrogens with one attached hydrogen (secondary N) is 1. The molecule has 0 aliphatic carbocycles. The van der Waals surface area contributed by atoms with Gasteiger partial charge >= 0.3 is 0 Å². The summed E-state index contributed by atoms with van der Waals surface area (Å²) in [4.78, 5) is 0. The molecule has 0 aromatic heterocycles. The molecule has 0 fully saturated rings. The first kappa shape index (κ1) is 10.6. The Morgan fingerprint density at radius 3 is 2.62 bits per heavy atom. The Kier molecular flexibility index (Phi) is 4.26. The smallest absolute Gasteiger partial charge is 0.0660 e. The average Bonchev–Trinajstić information content (AvgIpc) is 2.16. The molecule has 0 bridgehead atoms. The Morgan fingerprint density at radius 2 is 2.08 bits per heavy atom. The largest absolute Gasteiger partial charge is 0.300 e. The molecule has 0 spiro atoms. The van der Waals surface area contributed by atoms with Gasteiger partial charge in [0.25, 0.3) is 0 Å². The summed E-state index contributed by atoms with van der Waals surface area (Å²) in [7, 11) is 0. The summed E-state index contributed by atoms with van der Waals surface area (Å²) in [6.45, 7) is 2.81. The van der Waals surface area contributed by atoms with Crippen LogP contribution in [0.15, 0.2) is 24.3 Å². The molecule has 0 aliphatic rings. The van der Waals surface area contributed by atoms with Gasteiger partial charge in [-0.25, -0.2) is 0 Å². The molecule has 1 atom stereocenters. The van der Waals surface area contributed by atoms with Gasteiger partial charge in [-0.3, -0.25) is 5.32 Å². The fraction of sp³-hybridized carbons (Fsp3) is 0.273. The fourth-order valence-electron chi connectivity index (χ4n) is 0.932. The maximum Gasteiger partial charge on any atom is 0.0660 e. The highest BCUT2D eigenvalue weighted by molar-refractivity contribution is 14.1. The van der Waals surface area contributed by atoms with Crippen LogP contribution in [0.5, 0.6) is 0 Å². The van der Waals surface area contributed by atoms with Gasteiger partial charge in [-0.05, 0) is 47.2 Å². The van der Waals surface area contributed by atoms with Crippen molar-refractivity contribution in [3.05, 3.63) is 33.4 Å². The molecule has 1 aromatic carbocycles. The van der Waals surface area contributed by atoms with Crippen molar-refractivity contribution in [3.8, 4) is 12.3 Å². The van der Waals surface area contributed by atoms with Crippen LogP contribution < -0.4 is 5.32 Å². The van der Waals surface area contributed by atoms with Crippen molar-refractivity contribution >= 4 is 22.6 Å². The van der Waals surface area contributed by atoms with Gasteiger partial charge in [0.2, 0.25) is 0 Å². The van der Waals surface area contributed by atoms with Gasteiger partial charge in [0.05, 0.1) is 6.04 Å². The van der Waals surface area contributed by atoms with Crippen LogP contribution in [0, 0.1) is 15.9 Å². The number of hydrogen-bond acceptors (Lipinski definition) is 1. The summed E-state index contributed by atoms with van der Waals surface area (Å²) in [5, 5.41) is 3.23. The summed E-state index contributed by atoms with van der Waals surface area (Å²) < 4.78 is 1.26. The fourth-order valence-corrected chi connectivity index (χ4v) is 1.29. The van der Waals surface area contributed by atoms with Crippen LogP contribution in [0.1, 0.15) is 12.5 Å². The maximum atomic E-state index is 5.25. The van der Waals surface area contributed by atoms with Crippen molar-refractivity contribution in [3.63, 3.8) is 0 Å². The van der Waals surface area contributed by atoms with Crippen molar-refractivity contribution in [1.29, 1.82) is 0 Å². The molecule has 68 valence electrons. The molecular weight excluding hydrogens is 273 g/mol. The number of rotatable bonds is 3. The maximum absolute atomic E-state index is 5.25. The zero-order valence-corrected chi connectivity index (χ0v) is 9.71. The van der Waals surface area contributed by atoms with Gasteiger partial charge in [0.1, 0.15) is 0 Å². The molecular formula is C11H12IN. The molecule has 0 aliphatic heterocycles. The lowest BCUT2D eigenvalue weighted by Crippen LogP contribution is -2.23. The predicted octanol–water partition coefficient (Wildman–Crippen LogP) is 2.40. The second-order valence-corrected chi connectivity index (χ2v) is 4.14.